The molecular weight excluding hydrogens is 302 g/mol. The van der Waals surface area contributed by atoms with Crippen molar-refractivity contribution in [1.29, 1.82) is 0 Å². The van der Waals surface area contributed by atoms with E-state index < -0.39 is 8.07 Å². The Morgan fingerprint density at radius 2 is 1.67 bits per heavy atom. The summed E-state index contributed by atoms with van der Waals surface area (Å²) in [4.78, 5) is 12.8. The first kappa shape index (κ1) is 16.1. The minimum absolute atomic E-state index is 0.174. The molecule has 0 saturated heterocycles. The predicted octanol–water partition coefficient (Wildman–Crippen LogP) is 3.30. The maximum absolute atomic E-state index is 12.8. The number of carbonyl (C=O) groups excluding carboxylic acids is 1. The van der Waals surface area contributed by atoms with Crippen LogP contribution in [0.2, 0.25) is 24.7 Å². The number of quaternary nitrogens is 1. The Kier molecular flexibility index (Phi) is 3.95. The van der Waals surface area contributed by atoms with Crippen molar-refractivity contribution in [2.24, 2.45) is 0 Å². The number of nitrogens with zero attached hydrogens (tertiary/aromatic N) is 2. The molecule has 6 heteroatoms. The number of nitrogens with one attached hydrogen (secondary N) is 1. The zero-order chi connectivity index (χ0) is 16.0. The molecule has 0 fully saturated rings. The standard InChI is InChI=1S/C15H22ClN3OSi/c1-18-14(17-12-9-7-11(16)8-10-12)13(21(4,5)6)15(20)19(18,2)3/h7-10H,1-6H3/p+1. The summed E-state index contributed by atoms with van der Waals surface area (Å²) in [6.07, 6.45) is 0. The lowest BCUT2D eigenvalue weighted by molar-refractivity contribution is -0.918. The summed E-state index contributed by atoms with van der Waals surface area (Å²) in [6.45, 7) is 6.59. The Morgan fingerprint density at radius 1 is 1.14 bits per heavy atom. The van der Waals surface area contributed by atoms with E-state index in [1.807, 2.05) is 50.4 Å². The second kappa shape index (κ2) is 5.16. The van der Waals surface area contributed by atoms with E-state index in [0.717, 1.165) is 16.7 Å². The average molecular weight is 325 g/mol. The number of halogens is 1. The van der Waals surface area contributed by atoms with Gasteiger partial charge in [-0.15, -0.1) is 0 Å². The van der Waals surface area contributed by atoms with E-state index in [-0.39, 0.29) is 10.5 Å². The van der Waals surface area contributed by atoms with Gasteiger partial charge in [-0.3, -0.25) is 0 Å². The van der Waals surface area contributed by atoms with Crippen LogP contribution in [0.5, 0.6) is 0 Å². The van der Waals surface area contributed by atoms with Gasteiger partial charge in [-0.25, -0.2) is 9.80 Å². The number of hydrogen-bond acceptors (Lipinski definition) is 3. The SMILES string of the molecule is CN1C(Nc2ccc(Cl)cc2)=C([Si](C)(C)C)C(=O)[N+]1(C)C. The van der Waals surface area contributed by atoms with Crippen LogP contribution >= 0.6 is 11.6 Å². The summed E-state index contributed by atoms with van der Waals surface area (Å²) < 4.78 is 0.218. The molecule has 0 aliphatic carbocycles. The van der Waals surface area contributed by atoms with Crippen LogP contribution in [0, 0.1) is 0 Å². The van der Waals surface area contributed by atoms with Crippen molar-refractivity contribution >= 4 is 31.3 Å². The Morgan fingerprint density at radius 3 is 2.14 bits per heavy atom. The van der Waals surface area contributed by atoms with Crippen LogP contribution in [-0.4, -0.2) is 44.7 Å². The normalized spacial score (nSPS) is 18.4. The third kappa shape index (κ3) is 2.86. The molecule has 1 aliphatic rings. The van der Waals surface area contributed by atoms with Crippen molar-refractivity contribution in [1.82, 2.24) is 5.01 Å². The van der Waals surface area contributed by atoms with Crippen molar-refractivity contribution in [3.05, 3.63) is 40.3 Å². The monoisotopic (exact) mass is 324 g/mol. The van der Waals surface area contributed by atoms with E-state index in [1.165, 1.54) is 0 Å². The van der Waals surface area contributed by atoms with Crippen molar-refractivity contribution in [3.63, 3.8) is 0 Å². The number of amides is 1. The third-order valence-electron chi connectivity index (χ3n) is 3.88. The first-order valence-corrected chi connectivity index (χ1v) is 10.8. The maximum Gasteiger partial charge on any atom is 0.365 e. The first-order valence-electron chi connectivity index (χ1n) is 6.95. The molecule has 21 heavy (non-hydrogen) atoms. The molecule has 1 aromatic rings. The molecule has 2 rings (SSSR count). The van der Waals surface area contributed by atoms with Crippen LogP contribution in [0.3, 0.4) is 0 Å². The Bertz CT molecular complexity index is 602. The van der Waals surface area contributed by atoms with Gasteiger partial charge < -0.3 is 5.32 Å². The van der Waals surface area contributed by atoms with Gasteiger partial charge in [0, 0.05) is 10.7 Å². The van der Waals surface area contributed by atoms with Gasteiger partial charge in [0.25, 0.3) is 0 Å². The molecule has 0 radical (unpaired) electrons. The largest absolute Gasteiger partial charge is 0.365 e. The molecule has 0 aromatic heterocycles. The second-order valence-electron chi connectivity index (χ2n) is 6.83. The number of carbonyl (C=O) groups is 1. The van der Waals surface area contributed by atoms with E-state index in [1.54, 1.807) is 0 Å². The molecule has 0 bridgehead atoms. The van der Waals surface area contributed by atoms with E-state index in [4.69, 9.17) is 11.6 Å². The lowest BCUT2D eigenvalue weighted by Crippen LogP contribution is -2.52. The average Bonchev–Trinajstić information content (AvgIpc) is 2.53. The molecule has 1 heterocycles. The van der Waals surface area contributed by atoms with Crippen LogP contribution in [0.1, 0.15) is 0 Å². The van der Waals surface area contributed by atoms with Gasteiger partial charge in [0.05, 0.1) is 34.4 Å². The Balaban J connectivity index is 2.47. The molecular formula is C15H23ClN3OSi+. The molecule has 0 spiro atoms. The minimum atomic E-state index is -1.76. The fraction of sp³-hybridized carbons (Fsp3) is 0.400. The van der Waals surface area contributed by atoms with Crippen molar-refractivity contribution < 1.29 is 9.39 Å². The summed E-state index contributed by atoms with van der Waals surface area (Å²) in [5, 5.41) is 7.05. The predicted molar refractivity (Wildman–Crippen MR) is 90.3 cm³/mol. The molecule has 1 amide bonds. The highest BCUT2D eigenvalue weighted by Gasteiger charge is 2.50. The van der Waals surface area contributed by atoms with Crippen LogP contribution in [0.25, 0.3) is 0 Å². The van der Waals surface area contributed by atoms with Crippen LogP contribution in [-0.2, 0) is 4.79 Å². The Hall–Kier alpha value is -1.30. The highest BCUT2D eigenvalue weighted by Crippen LogP contribution is 2.33. The summed E-state index contributed by atoms with van der Waals surface area (Å²) in [7, 11) is 4.02. The molecule has 1 aliphatic heterocycles. The molecule has 1 N–H and O–H groups in total. The highest BCUT2D eigenvalue weighted by molar-refractivity contribution is 6.87. The first-order chi connectivity index (χ1) is 9.55. The Labute approximate surface area is 132 Å². The second-order valence-corrected chi connectivity index (χ2v) is 12.3. The van der Waals surface area contributed by atoms with Gasteiger partial charge >= 0.3 is 5.91 Å². The van der Waals surface area contributed by atoms with Crippen molar-refractivity contribution in [2.45, 2.75) is 19.6 Å². The molecule has 114 valence electrons. The topological polar surface area (TPSA) is 32.3 Å². The summed E-state index contributed by atoms with van der Waals surface area (Å²) in [6, 6.07) is 7.53. The summed E-state index contributed by atoms with van der Waals surface area (Å²) >= 11 is 5.93. The fourth-order valence-electron chi connectivity index (χ4n) is 2.41. The van der Waals surface area contributed by atoms with E-state index in [2.05, 4.69) is 25.0 Å². The zero-order valence-electron chi connectivity index (χ0n) is 13.5. The van der Waals surface area contributed by atoms with Crippen LogP contribution in [0.4, 0.5) is 5.69 Å². The van der Waals surface area contributed by atoms with Gasteiger partial charge in [0.15, 0.2) is 5.82 Å². The molecule has 4 nitrogen and oxygen atoms in total. The van der Waals surface area contributed by atoms with Gasteiger partial charge in [0.2, 0.25) is 0 Å². The molecule has 0 unspecified atom stereocenters. The molecule has 0 saturated carbocycles. The van der Waals surface area contributed by atoms with Gasteiger partial charge in [-0.1, -0.05) is 31.2 Å². The van der Waals surface area contributed by atoms with E-state index in [9.17, 15) is 4.79 Å². The molecule has 0 atom stereocenters. The number of hydrogen-bond donors (Lipinski definition) is 1. The van der Waals surface area contributed by atoms with Crippen molar-refractivity contribution in [2.75, 3.05) is 26.5 Å². The zero-order valence-corrected chi connectivity index (χ0v) is 15.2. The lowest BCUT2D eigenvalue weighted by Gasteiger charge is -2.31. The quantitative estimate of drug-likeness (QED) is 0.684. The van der Waals surface area contributed by atoms with Gasteiger partial charge in [-0.2, -0.15) is 4.59 Å². The minimum Gasteiger partial charge on any atom is -0.338 e. The molecule has 1 aromatic carbocycles. The lowest BCUT2D eigenvalue weighted by atomic mass is 10.3. The maximum atomic E-state index is 12.8. The van der Waals surface area contributed by atoms with Crippen LogP contribution < -0.4 is 5.32 Å². The van der Waals surface area contributed by atoms with E-state index in [0.29, 0.717) is 5.02 Å². The summed E-state index contributed by atoms with van der Waals surface area (Å²) in [5.74, 6) is 1.08. The highest BCUT2D eigenvalue weighted by atomic mass is 35.5. The summed E-state index contributed by atoms with van der Waals surface area (Å²) in [5.41, 5.74) is 0.937. The number of likely N-dealkylation sites (N-methyl/N-ethyl adjacent to an activating group) is 1. The number of anilines is 1. The third-order valence-corrected chi connectivity index (χ3v) is 6.08. The number of rotatable bonds is 3. The fourth-order valence-corrected chi connectivity index (χ4v) is 4.39. The smallest absolute Gasteiger partial charge is 0.338 e. The van der Waals surface area contributed by atoms with E-state index >= 15 is 0 Å². The van der Waals surface area contributed by atoms with Gasteiger partial charge in [-0.05, 0) is 24.3 Å². The van der Waals surface area contributed by atoms with Gasteiger partial charge in [0.1, 0.15) is 0 Å². The number of benzene rings is 1. The van der Waals surface area contributed by atoms with Crippen molar-refractivity contribution in [3.8, 4) is 0 Å². The van der Waals surface area contributed by atoms with Crippen LogP contribution in [0.15, 0.2) is 35.3 Å².